The number of ether oxygens (including phenoxy) is 1. The monoisotopic (exact) mass is 301 g/mol. The predicted molar refractivity (Wildman–Crippen MR) is 86.2 cm³/mol. The second-order valence-corrected chi connectivity index (χ2v) is 6.40. The third-order valence-electron chi connectivity index (χ3n) is 4.24. The molecule has 3 rings (SSSR count). The van der Waals surface area contributed by atoms with E-state index in [4.69, 9.17) is 9.15 Å². The Morgan fingerprint density at radius 1 is 1.32 bits per heavy atom. The Balaban J connectivity index is 1.93. The molecule has 1 aliphatic heterocycles. The van der Waals surface area contributed by atoms with Gasteiger partial charge in [-0.3, -0.25) is 4.79 Å². The first kappa shape index (κ1) is 14.9. The Bertz CT molecular complexity index is 666. The van der Waals surface area contributed by atoms with Crippen LogP contribution in [-0.4, -0.2) is 30.5 Å². The zero-order chi connectivity index (χ0) is 15.7. The van der Waals surface area contributed by atoms with Crippen LogP contribution in [-0.2, 0) is 0 Å². The molecule has 1 aliphatic rings. The lowest BCUT2D eigenvalue weighted by atomic mass is 9.91. The molecule has 0 unspecified atom stereocenters. The molecule has 0 saturated carbocycles. The number of hydrogen-bond donors (Lipinski definition) is 0. The Hall–Kier alpha value is -1.97. The molecule has 2 atom stereocenters. The highest BCUT2D eigenvalue weighted by Crippen LogP contribution is 2.30. The molecule has 1 aromatic heterocycles. The molecule has 0 spiro atoms. The van der Waals surface area contributed by atoms with Crippen molar-refractivity contribution in [2.45, 2.75) is 27.2 Å². The number of furan rings is 1. The van der Waals surface area contributed by atoms with Crippen molar-refractivity contribution in [3.8, 4) is 5.75 Å². The number of rotatable bonds is 3. The smallest absolute Gasteiger partial charge is 0.254 e. The first-order valence-corrected chi connectivity index (χ1v) is 8.01. The number of carbonyl (C=O) groups excluding carboxylic acids is 1. The Morgan fingerprint density at radius 2 is 2.05 bits per heavy atom. The van der Waals surface area contributed by atoms with Gasteiger partial charge in [0.05, 0.1) is 18.3 Å². The molecule has 4 heteroatoms. The van der Waals surface area contributed by atoms with E-state index in [9.17, 15) is 4.79 Å². The molecular formula is C18H23NO3. The Kier molecular flexibility index (Phi) is 4.10. The lowest BCUT2D eigenvalue weighted by Gasteiger charge is -2.35. The van der Waals surface area contributed by atoms with E-state index in [0.29, 0.717) is 29.6 Å². The summed E-state index contributed by atoms with van der Waals surface area (Å²) in [6.07, 6.45) is 2.82. The summed E-state index contributed by atoms with van der Waals surface area (Å²) in [6.45, 7) is 8.56. The summed E-state index contributed by atoms with van der Waals surface area (Å²) in [6, 6.07) is 5.54. The number of fused-ring (bicyclic) bond motifs is 1. The predicted octanol–water partition coefficient (Wildman–Crippen LogP) is 3.95. The number of hydrogen-bond acceptors (Lipinski definition) is 3. The minimum Gasteiger partial charge on any atom is -0.493 e. The second kappa shape index (κ2) is 6.03. The van der Waals surface area contributed by atoms with Crippen molar-refractivity contribution in [3.63, 3.8) is 0 Å². The maximum atomic E-state index is 12.8. The largest absolute Gasteiger partial charge is 0.493 e. The van der Waals surface area contributed by atoms with Gasteiger partial charge in [0.15, 0.2) is 0 Å². The van der Waals surface area contributed by atoms with Crippen molar-refractivity contribution < 1.29 is 13.9 Å². The van der Waals surface area contributed by atoms with E-state index in [1.54, 1.807) is 6.26 Å². The van der Waals surface area contributed by atoms with Crippen LogP contribution in [0.1, 0.15) is 37.6 Å². The maximum Gasteiger partial charge on any atom is 0.254 e. The zero-order valence-corrected chi connectivity index (χ0v) is 13.5. The third kappa shape index (κ3) is 2.82. The lowest BCUT2D eigenvalue weighted by Crippen LogP contribution is -2.42. The van der Waals surface area contributed by atoms with Crippen molar-refractivity contribution >= 4 is 16.9 Å². The van der Waals surface area contributed by atoms with Gasteiger partial charge in [0.2, 0.25) is 0 Å². The normalized spacial score (nSPS) is 22.0. The number of amides is 1. The molecule has 118 valence electrons. The van der Waals surface area contributed by atoms with E-state index >= 15 is 0 Å². The Labute approximate surface area is 131 Å². The fraction of sp³-hybridized carbons (Fsp3) is 0.500. The summed E-state index contributed by atoms with van der Waals surface area (Å²) in [4.78, 5) is 14.8. The molecule has 0 radical (unpaired) electrons. The molecule has 0 bridgehead atoms. The van der Waals surface area contributed by atoms with Gasteiger partial charge in [-0.1, -0.05) is 13.8 Å². The van der Waals surface area contributed by atoms with Crippen molar-refractivity contribution in [1.29, 1.82) is 0 Å². The molecular weight excluding hydrogens is 278 g/mol. The van der Waals surface area contributed by atoms with Crippen LogP contribution in [0.4, 0.5) is 0 Å². The average molecular weight is 301 g/mol. The molecule has 2 heterocycles. The van der Waals surface area contributed by atoms with Crippen LogP contribution < -0.4 is 4.74 Å². The molecule has 0 aliphatic carbocycles. The molecule has 1 aromatic carbocycles. The highest BCUT2D eigenvalue weighted by Gasteiger charge is 2.27. The number of benzene rings is 1. The third-order valence-corrected chi connectivity index (χ3v) is 4.24. The van der Waals surface area contributed by atoms with Crippen molar-refractivity contribution in [3.05, 3.63) is 30.0 Å². The topological polar surface area (TPSA) is 42.7 Å². The first-order valence-electron chi connectivity index (χ1n) is 8.01. The second-order valence-electron chi connectivity index (χ2n) is 6.40. The van der Waals surface area contributed by atoms with E-state index in [-0.39, 0.29) is 5.91 Å². The van der Waals surface area contributed by atoms with Crippen LogP contribution in [0.3, 0.4) is 0 Å². The van der Waals surface area contributed by atoms with Gasteiger partial charge in [0, 0.05) is 18.7 Å². The number of carbonyl (C=O) groups is 1. The van der Waals surface area contributed by atoms with Gasteiger partial charge in [0.25, 0.3) is 5.91 Å². The molecule has 1 fully saturated rings. The van der Waals surface area contributed by atoms with Crippen LogP contribution in [0.25, 0.3) is 11.0 Å². The molecule has 22 heavy (non-hydrogen) atoms. The fourth-order valence-electron chi connectivity index (χ4n) is 3.45. The first-order chi connectivity index (χ1) is 10.6. The summed E-state index contributed by atoms with van der Waals surface area (Å²) in [5.41, 5.74) is 1.35. The quantitative estimate of drug-likeness (QED) is 0.862. The van der Waals surface area contributed by atoms with Gasteiger partial charge in [-0.15, -0.1) is 0 Å². The van der Waals surface area contributed by atoms with Crippen LogP contribution >= 0.6 is 0 Å². The number of likely N-dealkylation sites (tertiary alicyclic amines) is 1. The minimum absolute atomic E-state index is 0.0673. The molecule has 2 aromatic rings. The minimum atomic E-state index is 0.0673. The van der Waals surface area contributed by atoms with Crippen molar-refractivity contribution in [1.82, 2.24) is 4.90 Å². The molecule has 1 saturated heterocycles. The van der Waals surface area contributed by atoms with Crippen LogP contribution in [0.15, 0.2) is 28.9 Å². The molecule has 4 nitrogen and oxygen atoms in total. The summed E-state index contributed by atoms with van der Waals surface area (Å²) < 4.78 is 11.1. The maximum absolute atomic E-state index is 12.8. The number of piperidine rings is 1. The van der Waals surface area contributed by atoms with Gasteiger partial charge in [-0.2, -0.15) is 0 Å². The van der Waals surface area contributed by atoms with Crippen molar-refractivity contribution in [2.75, 3.05) is 19.7 Å². The van der Waals surface area contributed by atoms with E-state index in [2.05, 4.69) is 13.8 Å². The lowest BCUT2D eigenvalue weighted by molar-refractivity contribution is 0.0623. The highest BCUT2D eigenvalue weighted by atomic mass is 16.5. The summed E-state index contributed by atoms with van der Waals surface area (Å²) in [7, 11) is 0. The Morgan fingerprint density at radius 3 is 2.73 bits per heavy atom. The van der Waals surface area contributed by atoms with E-state index < -0.39 is 0 Å². The van der Waals surface area contributed by atoms with Gasteiger partial charge < -0.3 is 14.1 Å². The van der Waals surface area contributed by atoms with Crippen LogP contribution in [0, 0.1) is 11.8 Å². The average Bonchev–Trinajstić information content (AvgIpc) is 2.94. The summed E-state index contributed by atoms with van der Waals surface area (Å²) in [5.74, 6) is 1.88. The summed E-state index contributed by atoms with van der Waals surface area (Å²) in [5, 5.41) is 0.916. The SMILES string of the molecule is CCOc1cc(C(=O)N2C[C@@H](C)C[C@H](C)C2)cc2occc12. The van der Waals surface area contributed by atoms with Crippen LogP contribution in [0.2, 0.25) is 0 Å². The van der Waals surface area contributed by atoms with Gasteiger partial charge in [-0.05, 0) is 43.4 Å². The van der Waals surface area contributed by atoms with Gasteiger partial charge in [-0.25, -0.2) is 0 Å². The van der Waals surface area contributed by atoms with Crippen LogP contribution in [0.5, 0.6) is 5.75 Å². The molecule has 1 amide bonds. The standard InChI is InChI=1S/C18H23NO3/c1-4-21-16-8-14(9-17-15(16)5-6-22-17)18(20)19-10-12(2)7-13(3)11-19/h5-6,8-9,12-13H,4,7,10-11H2,1-3H3/t12-,13-/m0/s1. The highest BCUT2D eigenvalue weighted by molar-refractivity contribution is 5.99. The number of nitrogens with zero attached hydrogens (tertiary/aromatic N) is 1. The zero-order valence-electron chi connectivity index (χ0n) is 13.5. The summed E-state index contributed by atoms with van der Waals surface area (Å²) >= 11 is 0. The van der Waals surface area contributed by atoms with Gasteiger partial charge >= 0.3 is 0 Å². The van der Waals surface area contributed by atoms with Crippen molar-refractivity contribution in [2.24, 2.45) is 11.8 Å². The molecule has 0 N–H and O–H groups in total. The van der Waals surface area contributed by atoms with E-state index in [1.165, 1.54) is 6.42 Å². The van der Waals surface area contributed by atoms with E-state index in [0.717, 1.165) is 24.2 Å². The van der Waals surface area contributed by atoms with Gasteiger partial charge in [0.1, 0.15) is 11.3 Å². The fourth-order valence-corrected chi connectivity index (χ4v) is 3.45. The van der Waals surface area contributed by atoms with E-state index in [1.807, 2.05) is 30.0 Å².